The molecule has 1 aliphatic rings. The number of halogens is 1. The van der Waals surface area contributed by atoms with Gasteiger partial charge in [0.05, 0.1) is 5.56 Å². The van der Waals surface area contributed by atoms with Gasteiger partial charge in [0.15, 0.2) is 5.84 Å². The van der Waals surface area contributed by atoms with Gasteiger partial charge in [-0.25, -0.2) is 4.39 Å². The summed E-state index contributed by atoms with van der Waals surface area (Å²) in [4.78, 5) is 0. The van der Waals surface area contributed by atoms with Crippen LogP contribution in [0.5, 0.6) is 0 Å². The summed E-state index contributed by atoms with van der Waals surface area (Å²) in [5.74, 6) is -0.637. The van der Waals surface area contributed by atoms with E-state index in [-0.39, 0.29) is 16.9 Å². The number of hydrogen-bond acceptors (Lipinski definition) is 3. The van der Waals surface area contributed by atoms with Gasteiger partial charge < -0.3 is 16.3 Å². The zero-order chi connectivity index (χ0) is 12.5. The van der Waals surface area contributed by atoms with E-state index >= 15 is 0 Å². The number of amidine groups is 1. The smallest absolute Gasteiger partial charge is 0.173 e. The fourth-order valence-corrected chi connectivity index (χ4v) is 1.64. The summed E-state index contributed by atoms with van der Waals surface area (Å²) in [6.45, 7) is 2.56. The van der Waals surface area contributed by atoms with Crippen LogP contribution in [-0.2, 0) is 6.54 Å². The molecule has 2 rings (SSSR count). The number of oxime groups is 1. The molecule has 0 unspecified atom stereocenters. The predicted molar refractivity (Wildman–Crippen MR) is 63.4 cm³/mol. The van der Waals surface area contributed by atoms with Crippen molar-refractivity contribution in [3.05, 3.63) is 35.1 Å². The van der Waals surface area contributed by atoms with Crippen molar-refractivity contribution in [2.75, 3.05) is 0 Å². The standard InChI is InChI=1S/C12H16FN3O/c1-12(5-6-12)15-7-8-3-2-4-9(10(8)13)11(14)16-17/h2-4,15,17H,5-7H2,1H3,(H2,14,16). The fraction of sp³-hybridized carbons (Fsp3) is 0.417. The van der Waals surface area contributed by atoms with Crippen LogP contribution in [0, 0.1) is 5.82 Å². The Hall–Kier alpha value is -1.62. The van der Waals surface area contributed by atoms with Gasteiger partial charge in [-0.15, -0.1) is 0 Å². The molecule has 0 bridgehead atoms. The van der Waals surface area contributed by atoms with E-state index in [0.29, 0.717) is 12.1 Å². The molecule has 0 atom stereocenters. The van der Waals surface area contributed by atoms with Crippen LogP contribution in [0.25, 0.3) is 0 Å². The zero-order valence-electron chi connectivity index (χ0n) is 9.70. The van der Waals surface area contributed by atoms with Gasteiger partial charge in [-0.05, 0) is 25.8 Å². The molecule has 0 heterocycles. The van der Waals surface area contributed by atoms with Crippen molar-refractivity contribution >= 4 is 5.84 Å². The Morgan fingerprint density at radius 3 is 2.88 bits per heavy atom. The largest absolute Gasteiger partial charge is 0.409 e. The van der Waals surface area contributed by atoms with Crippen molar-refractivity contribution in [2.24, 2.45) is 10.9 Å². The maximum atomic E-state index is 14.0. The molecule has 0 aromatic heterocycles. The molecule has 4 N–H and O–H groups in total. The molecular formula is C12H16FN3O. The number of rotatable bonds is 4. The van der Waals surface area contributed by atoms with E-state index in [9.17, 15) is 4.39 Å². The molecule has 1 aliphatic carbocycles. The van der Waals surface area contributed by atoms with Crippen molar-refractivity contribution in [2.45, 2.75) is 31.8 Å². The molecule has 0 radical (unpaired) electrons. The van der Waals surface area contributed by atoms with Gasteiger partial charge in [-0.3, -0.25) is 0 Å². The van der Waals surface area contributed by atoms with Crippen molar-refractivity contribution < 1.29 is 9.60 Å². The topological polar surface area (TPSA) is 70.6 Å². The van der Waals surface area contributed by atoms with Crippen molar-refractivity contribution in [3.63, 3.8) is 0 Å². The van der Waals surface area contributed by atoms with Crippen LogP contribution in [0.3, 0.4) is 0 Å². The summed E-state index contributed by atoms with van der Waals surface area (Å²) in [6, 6.07) is 4.89. The molecule has 1 fully saturated rings. The minimum Gasteiger partial charge on any atom is -0.409 e. The van der Waals surface area contributed by atoms with Gasteiger partial charge in [0.25, 0.3) is 0 Å². The van der Waals surface area contributed by atoms with Crippen LogP contribution in [0.15, 0.2) is 23.4 Å². The summed E-state index contributed by atoms with van der Waals surface area (Å²) in [5, 5.41) is 14.7. The average Bonchev–Trinajstić information content (AvgIpc) is 3.05. The van der Waals surface area contributed by atoms with E-state index in [1.54, 1.807) is 12.1 Å². The lowest BCUT2D eigenvalue weighted by Gasteiger charge is -2.13. The van der Waals surface area contributed by atoms with Gasteiger partial charge in [0, 0.05) is 17.6 Å². The molecule has 0 spiro atoms. The number of nitrogens with two attached hydrogens (primary N) is 1. The lowest BCUT2D eigenvalue weighted by Crippen LogP contribution is -2.28. The summed E-state index contributed by atoms with van der Waals surface area (Å²) in [6.07, 6.45) is 2.24. The fourth-order valence-electron chi connectivity index (χ4n) is 1.64. The first-order valence-corrected chi connectivity index (χ1v) is 5.56. The second kappa shape index (κ2) is 4.33. The first-order valence-electron chi connectivity index (χ1n) is 5.56. The first-order chi connectivity index (χ1) is 8.06. The summed E-state index contributed by atoms with van der Waals surface area (Å²) >= 11 is 0. The van der Waals surface area contributed by atoms with E-state index in [4.69, 9.17) is 10.9 Å². The molecular weight excluding hydrogens is 221 g/mol. The van der Waals surface area contributed by atoms with E-state index in [1.807, 2.05) is 0 Å². The number of benzene rings is 1. The molecule has 5 heteroatoms. The Balaban J connectivity index is 2.17. The van der Waals surface area contributed by atoms with E-state index in [2.05, 4.69) is 17.4 Å². The highest BCUT2D eigenvalue weighted by Gasteiger charge is 2.36. The maximum Gasteiger partial charge on any atom is 0.173 e. The molecule has 1 saturated carbocycles. The third-order valence-corrected chi connectivity index (χ3v) is 3.17. The van der Waals surface area contributed by atoms with Crippen LogP contribution >= 0.6 is 0 Å². The molecule has 0 aliphatic heterocycles. The summed E-state index contributed by atoms with van der Waals surface area (Å²) in [5.41, 5.74) is 6.21. The van der Waals surface area contributed by atoms with Crippen LogP contribution in [0.4, 0.5) is 4.39 Å². The van der Waals surface area contributed by atoms with Gasteiger partial charge in [-0.1, -0.05) is 17.3 Å². The van der Waals surface area contributed by atoms with E-state index in [1.165, 1.54) is 6.07 Å². The average molecular weight is 237 g/mol. The normalized spacial score (nSPS) is 18.1. The third-order valence-electron chi connectivity index (χ3n) is 3.17. The van der Waals surface area contributed by atoms with Gasteiger partial charge >= 0.3 is 0 Å². The Morgan fingerprint density at radius 1 is 1.59 bits per heavy atom. The summed E-state index contributed by atoms with van der Waals surface area (Å²) in [7, 11) is 0. The molecule has 1 aromatic rings. The van der Waals surface area contributed by atoms with Crippen LogP contribution in [0.2, 0.25) is 0 Å². The highest BCUT2D eigenvalue weighted by molar-refractivity contribution is 5.97. The lowest BCUT2D eigenvalue weighted by atomic mass is 10.1. The monoisotopic (exact) mass is 237 g/mol. The predicted octanol–water partition coefficient (Wildman–Crippen LogP) is 1.56. The lowest BCUT2D eigenvalue weighted by molar-refractivity contribution is 0.318. The molecule has 0 saturated heterocycles. The maximum absolute atomic E-state index is 14.0. The van der Waals surface area contributed by atoms with Crippen LogP contribution in [0.1, 0.15) is 30.9 Å². The number of nitrogens with one attached hydrogen (secondary N) is 1. The highest BCUT2D eigenvalue weighted by atomic mass is 19.1. The molecule has 17 heavy (non-hydrogen) atoms. The van der Waals surface area contributed by atoms with Gasteiger partial charge in [-0.2, -0.15) is 0 Å². The molecule has 4 nitrogen and oxygen atoms in total. The Labute approximate surface area is 99.3 Å². The van der Waals surface area contributed by atoms with Gasteiger partial charge in [0.1, 0.15) is 5.82 Å². The second-order valence-electron chi connectivity index (χ2n) is 4.68. The van der Waals surface area contributed by atoms with Crippen LogP contribution in [-0.4, -0.2) is 16.6 Å². The second-order valence-corrected chi connectivity index (χ2v) is 4.68. The Bertz CT molecular complexity index is 455. The molecule has 1 aromatic carbocycles. The van der Waals surface area contributed by atoms with Crippen LogP contribution < -0.4 is 11.1 Å². The number of nitrogens with zero attached hydrogens (tertiary/aromatic N) is 1. The SMILES string of the molecule is CC1(NCc2cccc(/C(N)=N/O)c2F)CC1. The molecule has 92 valence electrons. The molecule has 0 amide bonds. The van der Waals surface area contributed by atoms with E-state index < -0.39 is 5.82 Å². The Kier molecular flexibility index (Phi) is 3.02. The van der Waals surface area contributed by atoms with Crippen molar-refractivity contribution in [1.29, 1.82) is 0 Å². The summed E-state index contributed by atoms with van der Waals surface area (Å²) < 4.78 is 14.0. The van der Waals surface area contributed by atoms with Gasteiger partial charge in [0.2, 0.25) is 0 Å². The highest BCUT2D eigenvalue weighted by Crippen LogP contribution is 2.34. The minimum atomic E-state index is -0.431. The Morgan fingerprint density at radius 2 is 2.29 bits per heavy atom. The van der Waals surface area contributed by atoms with Crippen molar-refractivity contribution in [1.82, 2.24) is 5.32 Å². The van der Waals surface area contributed by atoms with Crippen molar-refractivity contribution in [3.8, 4) is 0 Å². The zero-order valence-corrected chi connectivity index (χ0v) is 9.70. The quantitative estimate of drug-likeness (QED) is 0.322. The number of hydrogen-bond donors (Lipinski definition) is 3. The van der Waals surface area contributed by atoms with E-state index in [0.717, 1.165) is 12.8 Å². The first kappa shape index (κ1) is 11.9. The third kappa shape index (κ3) is 2.55. The minimum absolute atomic E-state index is 0.132.